The maximum Gasteiger partial charge on any atom is 0.119 e. The lowest BCUT2D eigenvalue weighted by Crippen LogP contribution is -3.14. The summed E-state index contributed by atoms with van der Waals surface area (Å²) in [5, 5.41) is 12.3. The van der Waals surface area contributed by atoms with Gasteiger partial charge in [0.05, 0.1) is 32.3 Å². The summed E-state index contributed by atoms with van der Waals surface area (Å²) in [7, 11) is 0. The van der Waals surface area contributed by atoms with Gasteiger partial charge in [-0.3, -0.25) is 0 Å². The molecule has 2 aromatic rings. The van der Waals surface area contributed by atoms with Gasteiger partial charge in [-0.05, 0) is 35.6 Å². The number of hydrogen-bond acceptors (Lipinski definition) is 3. The third-order valence-electron chi connectivity index (χ3n) is 6.64. The van der Waals surface area contributed by atoms with Crippen LogP contribution in [0.2, 0.25) is 0 Å². The summed E-state index contributed by atoms with van der Waals surface area (Å²) < 4.78 is 11.5. The number of rotatable bonds is 11. The van der Waals surface area contributed by atoms with E-state index in [0.717, 1.165) is 57.2 Å². The number of morpholine rings is 1. The van der Waals surface area contributed by atoms with Gasteiger partial charge in [0.2, 0.25) is 0 Å². The Kier molecular flexibility index (Phi) is 8.94. The normalized spacial score (nSPS) is 18.0. The Balaban J connectivity index is 1.87. The van der Waals surface area contributed by atoms with E-state index in [1.807, 2.05) is 18.2 Å². The molecule has 0 saturated carbocycles. The number of quaternary nitrogens is 1. The average Bonchev–Trinajstić information content (AvgIpc) is 2.81. The van der Waals surface area contributed by atoms with Crippen molar-refractivity contribution in [3.63, 3.8) is 0 Å². The number of ether oxygens (including phenoxy) is 2. The van der Waals surface area contributed by atoms with Crippen molar-refractivity contribution < 1.29 is 19.5 Å². The Labute approximate surface area is 188 Å². The SMILES string of the molecule is CCCCCOc1ccc([C@](O)(C(C)C)[C@@H](C[NH+]2CCOCC2)c2ccccc2)cc1. The van der Waals surface area contributed by atoms with E-state index in [2.05, 4.69) is 57.2 Å². The number of aliphatic hydroxyl groups is 1. The van der Waals surface area contributed by atoms with E-state index in [9.17, 15) is 5.11 Å². The number of benzene rings is 2. The zero-order valence-electron chi connectivity index (χ0n) is 19.5. The molecule has 4 nitrogen and oxygen atoms in total. The highest BCUT2D eigenvalue weighted by molar-refractivity contribution is 5.36. The molecule has 1 fully saturated rings. The second-order valence-electron chi connectivity index (χ2n) is 9.09. The van der Waals surface area contributed by atoms with Crippen molar-refractivity contribution >= 4 is 0 Å². The molecule has 0 bridgehead atoms. The smallest absolute Gasteiger partial charge is 0.119 e. The van der Waals surface area contributed by atoms with E-state index < -0.39 is 5.60 Å². The largest absolute Gasteiger partial charge is 0.494 e. The lowest BCUT2D eigenvalue weighted by Gasteiger charge is -2.42. The van der Waals surface area contributed by atoms with Gasteiger partial charge in [-0.25, -0.2) is 0 Å². The molecule has 4 heteroatoms. The van der Waals surface area contributed by atoms with Crippen LogP contribution >= 0.6 is 0 Å². The summed E-state index contributed by atoms with van der Waals surface area (Å²) in [4.78, 5) is 1.50. The van der Waals surface area contributed by atoms with E-state index in [0.29, 0.717) is 0 Å². The fraction of sp³-hybridized carbons (Fsp3) is 0.556. The number of hydrogen-bond donors (Lipinski definition) is 2. The highest BCUT2D eigenvalue weighted by Gasteiger charge is 2.44. The molecular weight excluding hydrogens is 386 g/mol. The van der Waals surface area contributed by atoms with Crippen molar-refractivity contribution in [3.05, 3.63) is 65.7 Å². The molecule has 0 aromatic heterocycles. The Hall–Kier alpha value is -1.88. The quantitative estimate of drug-likeness (QED) is 0.537. The van der Waals surface area contributed by atoms with Crippen molar-refractivity contribution in [2.24, 2.45) is 5.92 Å². The molecule has 1 aliphatic rings. The Morgan fingerprint density at radius 1 is 1.00 bits per heavy atom. The van der Waals surface area contributed by atoms with Gasteiger partial charge in [0, 0.05) is 0 Å². The van der Waals surface area contributed by atoms with Gasteiger partial charge in [0.25, 0.3) is 0 Å². The maximum atomic E-state index is 12.3. The summed E-state index contributed by atoms with van der Waals surface area (Å²) >= 11 is 0. The molecule has 0 radical (unpaired) electrons. The summed E-state index contributed by atoms with van der Waals surface area (Å²) in [6.07, 6.45) is 3.45. The van der Waals surface area contributed by atoms with E-state index in [-0.39, 0.29) is 11.8 Å². The van der Waals surface area contributed by atoms with E-state index in [1.165, 1.54) is 23.3 Å². The first-order valence-electron chi connectivity index (χ1n) is 12.0. The molecule has 0 aliphatic carbocycles. The average molecular weight is 427 g/mol. The number of unbranched alkanes of at least 4 members (excludes halogenated alkanes) is 2. The molecule has 1 heterocycles. The molecule has 2 atom stereocenters. The van der Waals surface area contributed by atoms with Gasteiger partial charge < -0.3 is 19.5 Å². The monoisotopic (exact) mass is 426 g/mol. The topological polar surface area (TPSA) is 43.1 Å². The molecule has 0 spiro atoms. The fourth-order valence-electron chi connectivity index (χ4n) is 4.66. The zero-order valence-corrected chi connectivity index (χ0v) is 19.5. The van der Waals surface area contributed by atoms with Crippen LogP contribution in [0.4, 0.5) is 0 Å². The van der Waals surface area contributed by atoms with Crippen molar-refractivity contribution in [3.8, 4) is 5.75 Å². The van der Waals surface area contributed by atoms with E-state index in [1.54, 1.807) is 0 Å². The first kappa shape index (κ1) is 23.8. The zero-order chi connectivity index (χ0) is 22.1. The molecule has 31 heavy (non-hydrogen) atoms. The highest BCUT2D eigenvalue weighted by atomic mass is 16.5. The molecule has 2 aromatic carbocycles. The lowest BCUT2D eigenvalue weighted by atomic mass is 9.70. The third kappa shape index (κ3) is 6.09. The molecule has 1 aliphatic heterocycles. The second kappa shape index (κ2) is 11.7. The van der Waals surface area contributed by atoms with Gasteiger partial charge in [-0.15, -0.1) is 0 Å². The van der Waals surface area contributed by atoms with Gasteiger partial charge in [0.15, 0.2) is 0 Å². The van der Waals surface area contributed by atoms with Crippen LogP contribution in [0, 0.1) is 5.92 Å². The first-order valence-corrected chi connectivity index (χ1v) is 12.0. The lowest BCUT2D eigenvalue weighted by molar-refractivity contribution is -0.910. The Morgan fingerprint density at radius 2 is 1.68 bits per heavy atom. The predicted molar refractivity (Wildman–Crippen MR) is 126 cm³/mol. The van der Waals surface area contributed by atoms with Crippen LogP contribution in [0.5, 0.6) is 5.75 Å². The summed E-state index contributed by atoms with van der Waals surface area (Å²) in [6, 6.07) is 18.6. The third-order valence-corrected chi connectivity index (χ3v) is 6.64. The Morgan fingerprint density at radius 3 is 2.29 bits per heavy atom. The first-order chi connectivity index (χ1) is 15.1. The number of nitrogens with one attached hydrogen (secondary N) is 1. The highest BCUT2D eigenvalue weighted by Crippen LogP contribution is 2.42. The molecular formula is C27H40NO3+. The molecule has 0 amide bonds. The Bertz CT molecular complexity index is 756. The van der Waals surface area contributed by atoms with Gasteiger partial charge in [0.1, 0.15) is 24.4 Å². The van der Waals surface area contributed by atoms with E-state index in [4.69, 9.17) is 9.47 Å². The minimum Gasteiger partial charge on any atom is -0.494 e. The molecule has 1 saturated heterocycles. The van der Waals surface area contributed by atoms with Crippen LogP contribution < -0.4 is 9.64 Å². The van der Waals surface area contributed by atoms with Crippen molar-refractivity contribution in [2.45, 2.75) is 51.6 Å². The minimum atomic E-state index is -0.965. The molecule has 0 unspecified atom stereocenters. The van der Waals surface area contributed by atoms with Crippen LogP contribution in [-0.4, -0.2) is 44.6 Å². The predicted octanol–water partition coefficient (Wildman–Crippen LogP) is 3.80. The summed E-state index contributed by atoms with van der Waals surface area (Å²) in [5.74, 6) is 0.939. The standard InChI is InChI=1S/C27H39NO3/c1-4-5-9-18-31-25-14-12-24(13-15-25)27(29,22(2)3)26(23-10-7-6-8-11-23)21-28-16-19-30-20-17-28/h6-8,10-15,22,26,29H,4-5,9,16-21H2,1-3H3/p+1/t26-,27+/m0/s1. The summed E-state index contributed by atoms with van der Waals surface area (Å²) in [6.45, 7) is 11.6. The van der Waals surface area contributed by atoms with Crippen molar-refractivity contribution in [1.82, 2.24) is 0 Å². The van der Waals surface area contributed by atoms with Crippen LogP contribution in [0.3, 0.4) is 0 Å². The van der Waals surface area contributed by atoms with Crippen molar-refractivity contribution in [1.29, 1.82) is 0 Å². The maximum absolute atomic E-state index is 12.3. The summed E-state index contributed by atoms with van der Waals surface area (Å²) in [5.41, 5.74) is 1.19. The molecule has 170 valence electrons. The van der Waals surface area contributed by atoms with Gasteiger partial charge in [-0.1, -0.05) is 76.1 Å². The molecule has 3 rings (SSSR count). The van der Waals surface area contributed by atoms with Gasteiger partial charge >= 0.3 is 0 Å². The van der Waals surface area contributed by atoms with Crippen LogP contribution in [0.15, 0.2) is 54.6 Å². The van der Waals surface area contributed by atoms with Crippen LogP contribution in [0.1, 0.15) is 57.1 Å². The molecule has 2 N–H and O–H groups in total. The van der Waals surface area contributed by atoms with Crippen LogP contribution in [-0.2, 0) is 10.3 Å². The van der Waals surface area contributed by atoms with E-state index >= 15 is 0 Å². The second-order valence-corrected chi connectivity index (χ2v) is 9.09. The van der Waals surface area contributed by atoms with Gasteiger partial charge in [-0.2, -0.15) is 0 Å². The van der Waals surface area contributed by atoms with Crippen LogP contribution in [0.25, 0.3) is 0 Å². The minimum absolute atomic E-state index is 0.00174. The van der Waals surface area contributed by atoms with Crippen molar-refractivity contribution in [2.75, 3.05) is 39.5 Å². The fourth-order valence-corrected chi connectivity index (χ4v) is 4.66.